The average Bonchev–Trinajstić information content (AvgIpc) is 3.55. The molecule has 1 atom stereocenters. The molecule has 3 N–H and O–H groups in total. The summed E-state index contributed by atoms with van der Waals surface area (Å²) in [7, 11) is -0.693. The average molecular weight is 448 g/mol. The van der Waals surface area contributed by atoms with E-state index in [0.717, 1.165) is 12.8 Å². The smallest absolute Gasteiger partial charge is 0.305 e. The maximum Gasteiger partial charge on any atom is 0.305 e. The molecule has 1 unspecified atom stereocenters. The van der Waals surface area contributed by atoms with E-state index in [4.69, 9.17) is 9.47 Å². The first-order valence-electron chi connectivity index (χ1n) is 9.60. The number of rotatable bonds is 10. The number of carbonyl (C=O) groups excluding carboxylic acids is 1. The molecule has 2 aromatic rings. The number of ether oxygens (including phenoxy) is 2. The summed E-state index contributed by atoms with van der Waals surface area (Å²) >= 11 is 0. The highest BCUT2D eigenvalue weighted by Crippen LogP contribution is 2.31. The first-order chi connectivity index (χ1) is 14.7. The highest BCUT2D eigenvalue weighted by Gasteiger charge is 2.28. The second-order valence-electron chi connectivity index (χ2n) is 7.15. The van der Waals surface area contributed by atoms with Crippen LogP contribution in [0.4, 0.5) is 0 Å². The zero-order valence-corrected chi connectivity index (χ0v) is 17.9. The van der Waals surface area contributed by atoms with Crippen LogP contribution in [0.3, 0.4) is 0 Å². The Bertz CT molecular complexity index is 1060. The SMILES string of the molecule is COc1ccc(C(CC(=O)O)NC(=O)c2ccc(S(=O)(=O)NC3CC3)cc2)c(OC)c1. The summed E-state index contributed by atoms with van der Waals surface area (Å²) in [5, 5.41) is 12.0. The number of amides is 1. The van der Waals surface area contributed by atoms with E-state index in [9.17, 15) is 23.1 Å². The van der Waals surface area contributed by atoms with Crippen molar-refractivity contribution >= 4 is 21.9 Å². The van der Waals surface area contributed by atoms with E-state index in [1.807, 2.05) is 0 Å². The number of carboxylic acids is 1. The standard InChI is InChI=1S/C21H24N2O7S/c1-29-15-7-10-17(19(11-15)30-2)18(12-20(24)25)22-21(26)13-3-8-16(9-4-13)31(27,28)23-14-5-6-14/h3-4,7-11,14,18,23H,5-6,12H2,1-2H3,(H,22,26)(H,24,25). The van der Waals surface area contributed by atoms with Gasteiger partial charge in [0.2, 0.25) is 10.0 Å². The summed E-state index contributed by atoms with van der Waals surface area (Å²) in [4.78, 5) is 24.2. The van der Waals surface area contributed by atoms with E-state index < -0.39 is 27.9 Å². The van der Waals surface area contributed by atoms with E-state index in [2.05, 4.69) is 10.0 Å². The number of aliphatic carboxylic acids is 1. The molecule has 0 heterocycles. The lowest BCUT2D eigenvalue weighted by atomic mass is 10.0. The molecule has 0 spiro atoms. The van der Waals surface area contributed by atoms with Crippen molar-refractivity contribution in [3.05, 3.63) is 53.6 Å². The Balaban J connectivity index is 1.80. The molecule has 1 fully saturated rings. The van der Waals surface area contributed by atoms with Crippen LogP contribution in [0.1, 0.15) is 41.2 Å². The van der Waals surface area contributed by atoms with Crippen LogP contribution in [0.5, 0.6) is 11.5 Å². The molecule has 0 bridgehead atoms. The van der Waals surface area contributed by atoms with Crippen molar-refractivity contribution < 1.29 is 32.6 Å². The third-order valence-electron chi connectivity index (χ3n) is 4.83. The minimum absolute atomic E-state index is 0.0239. The molecular formula is C21H24N2O7S. The Morgan fingerprint density at radius 3 is 2.32 bits per heavy atom. The van der Waals surface area contributed by atoms with Crippen molar-refractivity contribution in [2.24, 2.45) is 0 Å². The lowest BCUT2D eigenvalue weighted by Gasteiger charge is -2.20. The lowest BCUT2D eigenvalue weighted by Crippen LogP contribution is -2.30. The third-order valence-corrected chi connectivity index (χ3v) is 6.36. The van der Waals surface area contributed by atoms with Gasteiger partial charge in [0.05, 0.1) is 31.6 Å². The Hall–Kier alpha value is -3.11. The molecule has 0 aliphatic heterocycles. The van der Waals surface area contributed by atoms with Crippen LogP contribution >= 0.6 is 0 Å². The van der Waals surface area contributed by atoms with Crippen molar-refractivity contribution in [2.45, 2.75) is 36.2 Å². The number of hydrogen-bond donors (Lipinski definition) is 3. The van der Waals surface area contributed by atoms with Gasteiger partial charge in [-0.2, -0.15) is 0 Å². The van der Waals surface area contributed by atoms with Gasteiger partial charge in [-0.05, 0) is 49.2 Å². The molecule has 9 nitrogen and oxygen atoms in total. The second-order valence-corrected chi connectivity index (χ2v) is 8.87. The van der Waals surface area contributed by atoms with Crippen LogP contribution in [0.2, 0.25) is 0 Å². The highest BCUT2D eigenvalue weighted by atomic mass is 32.2. The Morgan fingerprint density at radius 1 is 1.10 bits per heavy atom. The summed E-state index contributed by atoms with van der Waals surface area (Å²) < 4.78 is 37.6. The molecule has 31 heavy (non-hydrogen) atoms. The molecule has 1 aliphatic carbocycles. The van der Waals surface area contributed by atoms with Crippen molar-refractivity contribution in [1.82, 2.24) is 10.0 Å². The van der Waals surface area contributed by atoms with Crippen LogP contribution in [0, 0.1) is 0 Å². The van der Waals surface area contributed by atoms with Gasteiger partial charge in [0, 0.05) is 23.2 Å². The molecule has 0 radical (unpaired) electrons. The fourth-order valence-corrected chi connectivity index (χ4v) is 4.34. The van der Waals surface area contributed by atoms with Crippen LogP contribution in [-0.4, -0.2) is 45.7 Å². The first-order valence-corrected chi connectivity index (χ1v) is 11.1. The summed E-state index contributed by atoms with van der Waals surface area (Å²) in [6.07, 6.45) is 1.27. The number of sulfonamides is 1. The predicted octanol–water partition coefficient (Wildman–Crippen LogP) is 2.09. The largest absolute Gasteiger partial charge is 0.497 e. The molecule has 3 rings (SSSR count). The molecule has 2 aromatic carbocycles. The van der Waals surface area contributed by atoms with E-state index >= 15 is 0 Å². The molecule has 1 aliphatic rings. The van der Waals surface area contributed by atoms with Crippen LogP contribution in [-0.2, 0) is 14.8 Å². The van der Waals surface area contributed by atoms with E-state index in [0.29, 0.717) is 17.1 Å². The number of carbonyl (C=O) groups is 2. The van der Waals surface area contributed by atoms with Crippen molar-refractivity contribution in [3.63, 3.8) is 0 Å². The first kappa shape index (κ1) is 22.6. The van der Waals surface area contributed by atoms with Crippen molar-refractivity contribution in [2.75, 3.05) is 14.2 Å². The van der Waals surface area contributed by atoms with Crippen LogP contribution in [0.15, 0.2) is 47.4 Å². The monoisotopic (exact) mass is 448 g/mol. The number of benzene rings is 2. The van der Waals surface area contributed by atoms with E-state index in [-0.39, 0.29) is 22.9 Å². The molecule has 1 saturated carbocycles. The second kappa shape index (κ2) is 9.36. The zero-order valence-electron chi connectivity index (χ0n) is 17.1. The molecule has 10 heteroatoms. The fourth-order valence-electron chi connectivity index (χ4n) is 3.04. The molecule has 0 aromatic heterocycles. The Kier molecular flexibility index (Phi) is 6.81. The number of methoxy groups -OCH3 is 2. The lowest BCUT2D eigenvalue weighted by molar-refractivity contribution is -0.137. The topological polar surface area (TPSA) is 131 Å². The van der Waals surface area contributed by atoms with Crippen LogP contribution in [0.25, 0.3) is 0 Å². The van der Waals surface area contributed by atoms with Gasteiger partial charge < -0.3 is 19.9 Å². The maximum absolute atomic E-state index is 12.7. The van der Waals surface area contributed by atoms with Gasteiger partial charge in [0.15, 0.2) is 0 Å². The minimum Gasteiger partial charge on any atom is -0.497 e. The Morgan fingerprint density at radius 2 is 1.77 bits per heavy atom. The Labute approximate surface area is 180 Å². The van der Waals surface area contributed by atoms with Gasteiger partial charge in [-0.1, -0.05) is 0 Å². The summed E-state index contributed by atoms with van der Waals surface area (Å²) in [5.74, 6) is -0.741. The molecular weight excluding hydrogens is 424 g/mol. The number of carboxylic acid groups (broad SMARTS) is 1. The normalized spacial score (nSPS) is 14.5. The van der Waals surface area contributed by atoms with E-state index in [1.54, 1.807) is 18.2 Å². The van der Waals surface area contributed by atoms with Gasteiger partial charge in [-0.3, -0.25) is 9.59 Å². The molecule has 0 saturated heterocycles. The number of nitrogens with one attached hydrogen (secondary N) is 2. The minimum atomic E-state index is -3.62. The predicted molar refractivity (Wildman–Crippen MR) is 112 cm³/mol. The summed E-state index contributed by atoms with van der Waals surface area (Å²) in [5.41, 5.74) is 0.681. The zero-order chi connectivity index (χ0) is 22.6. The number of hydrogen-bond acceptors (Lipinski definition) is 6. The maximum atomic E-state index is 12.7. The van der Waals surface area contributed by atoms with Gasteiger partial charge in [0.25, 0.3) is 5.91 Å². The van der Waals surface area contributed by atoms with Crippen LogP contribution < -0.4 is 19.5 Å². The molecule has 166 valence electrons. The summed E-state index contributed by atoms with van der Waals surface area (Å²) in [6, 6.07) is 9.45. The van der Waals surface area contributed by atoms with Crippen molar-refractivity contribution in [1.29, 1.82) is 0 Å². The molecule has 1 amide bonds. The summed E-state index contributed by atoms with van der Waals surface area (Å²) in [6.45, 7) is 0. The van der Waals surface area contributed by atoms with Gasteiger partial charge in [-0.25, -0.2) is 13.1 Å². The quantitative estimate of drug-likeness (QED) is 0.507. The van der Waals surface area contributed by atoms with Gasteiger partial charge in [-0.15, -0.1) is 0 Å². The van der Waals surface area contributed by atoms with Crippen molar-refractivity contribution in [3.8, 4) is 11.5 Å². The highest BCUT2D eigenvalue weighted by molar-refractivity contribution is 7.89. The van der Waals surface area contributed by atoms with E-state index in [1.165, 1.54) is 38.5 Å². The fraction of sp³-hybridized carbons (Fsp3) is 0.333. The van der Waals surface area contributed by atoms with Gasteiger partial charge >= 0.3 is 5.97 Å². The van der Waals surface area contributed by atoms with Gasteiger partial charge in [0.1, 0.15) is 11.5 Å². The third kappa shape index (κ3) is 5.74.